The van der Waals surface area contributed by atoms with E-state index in [1.807, 2.05) is 25.1 Å². The van der Waals surface area contributed by atoms with Gasteiger partial charge in [0, 0.05) is 24.2 Å². The summed E-state index contributed by atoms with van der Waals surface area (Å²) in [6.07, 6.45) is 3.83. The van der Waals surface area contributed by atoms with Crippen LogP contribution in [0, 0.1) is 0 Å². The average molecular weight is 363 g/mol. The number of hydrogen-bond acceptors (Lipinski definition) is 5. The SMILES string of the molecule is CCCCNC(=O)NC(=O)CN1CCC[C@H]1c1ccc(OC)cc1OC. The number of benzene rings is 1. The van der Waals surface area contributed by atoms with E-state index in [0.29, 0.717) is 6.54 Å². The van der Waals surface area contributed by atoms with Crippen molar-refractivity contribution in [2.45, 2.75) is 38.6 Å². The molecule has 7 heteroatoms. The van der Waals surface area contributed by atoms with Gasteiger partial charge < -0.3 is 14.8 Å². The molecule has 1 atom stereocenters. The first kappa shape index (κ1) is 20.0. The molecule has 0 bridgehead atoms. The summed E-state index contributed by atoms with van der Waals surface area (Å²) in [4.78, 5) is 26.0. The molecule has 0 aromatic heterocycles. The van der Waals surface area contributed by atoms with E-state index in [0.717, 1.165) is 49.3 Å². The molecule has 2 rings (SSSR count). The zero-order valence-corrected chi connectivity index (χ0v) is 15.8. The third-order valence-corrected chi connectivity index (χ3v) is 4.58. The number of hydrogen-bond donors (Lipinski definition) is 2. The summed E-state index contributed by atoms with van der Waals surface area (Å²) in [6, 6.07) is 5.39. The van der Waals surface area contributed by atoms with E-state index in [4.69, 9.17) is 9.47 Å². The Morgan fingerprint density at radius 3 is 2.77 bits per heavy atom. The predicted octanol–water partition coefficient (Wildman–Crippen LogP) is 2.47. The monoisotopic (exact) mass is 363 g/mol. The van der Waals surface area contributed by atoms with Crippen LogP contribution in [0.1, 0.15) is 44.2 Å². The number of unbranched alkanes of at least 4 members (excludes halogenated alkanes) is 1. The van der Waals surface area contributed by atoms with Gasteiger partial charge in [-0.05, 0) is 31.9 Å². The molecule has 0 spiro atoms. The van der Waals surface area contributed by atoms with Crippen LogP contribution in [0.5, 0.6) is 11.5 Å². The highest BCUT2D eigenvalue weighted by molar-refractivity contribution is 5.95. The second-order valence-electron chi connectivity index (χ2n) is 6.39. The maximum absolute atomic E-state index is 12.2. The topological polar surface area (TPSA) is 79.9 Å². The number of nitrogens with one attached hydrogen (secondary N) is 2. The van der Waals surface area contributed by atoms with E-state index >= 15 is 0 Å². The van der Waals surface area contributed by atoms with Gasteiger partial charge in [-0.3, -0.25) is 15.0 Å². The lowest BCUT2D eigenvalue weighted by atomic mass is 10.0. The van der Waals surface area contributed by atoms with Gasteiger partial charge in [0.1, 0.15) is 11.5 Å². The van der Waals surface area contributed by atoms with Crippen molar-refractivity contribution in [1.82, 2.24) is 15.5 Å². The summed E-state index contributed by atoms with van der Waals surface area (Å²) < 4.78 is 10.7. The quantitative estimate of drug-likeness (QED) is 0.694. The third-order valence-electron chi connectivity index (χ3n) is 4.58. The van der Waals surface area contributed by atoms with Crippen LogP contribution in [0.2, 0.25) is 0 Å². The molecule has 7 nitrogen and oxygen atoms in total. The number of nitrogens with zero attached hydrogens (tertiary/aromatic N) is 1. The Hall–Kier alpha value is -2.28. The molecule has 0 unspecified atom stereocenters. The molecule has 144 valence electrons. The lowest BCUT2D eigenvalue weighted by Gasteiger charge is -2.25. The summed E-state index contributed by atoms with van der Waals surface area (Å²) in [7, 11) is 3.25. The van der Waals surface area contributed by atoms with Crippen molar-refractivity contribution in [3.8, 4) is 11.5 Å². The fraction of sp³-hybridized carbons (Fsp3) is 0.579. The van der Waals surface area contributed by atoms with E-state index in [1.54, 1.807) is 14.2 Å². The normalized spacial score (nSPS) is 17.0. The number of urea groups is 1. The van der Waals surface area contributed by atoms with Crippen molar-refractivity contribution >= 4 is 11.9 Å². The minimum Gasteiger partial charge on any atom is -0.497 e. The third kappa shape index (κ3) is 5.36. The Balaban J connectivity index is 1.97. The van der Waals surface area contributed by atoms with Crippen molar-refractivity contribution in [3.05, 3.63) is 23.8 Å². The summed E-state index contributed by atoms with van der Waals surface area (Å²) >= 11 is 0. The van der Waals surface area contributed by atoms with Crippen LogP contribution in [0.15, 0.2) is 18.2 Å². The van der Waals surface area contributed by atoms with Crippen LogP contribution in [-0.2, 0) is 4.79 Å². The largest absolute Gasteiger partial charge is 0.497 e. The van der Waals surface area contributed by atoms with Crippen LogP contribution in [0.25, 0.3) is 0 Å². The van der Waals surface area contributed by atoms with Gasteiger partial charge in [-0.1, -0.05) is 19.4 Å². The Bertz CT molecular complexity index is 621. The van der Waals surface area contributed by atoms with Gasteiger partial charge in [-0.25, -0.2) is 4.79 Å². The number of imide groups is 1. The second kappa shape index (κ2) is 10.0. The lowest BCUT2D eigenvalue weighted by molar-refractivity contribution is -0.121. The molecule has 2 N–H and O–H groups in total. The predicted molar refractivity (Wildman–Crippen MR) is 99.5 cm³/mol. The van der Waals surface area contributed by atoms with Crippen molar-refractivity contribution in [3.63, 3.8) is 0 Å². The lowest BCUT2D eigenvalue weighted by Crippen LogP contribution is -2.44. The molecule has 1 aliphatic rings. The van der Waals surface area contributed by atoms with Gasteiger partial charge >= 0.3 is 6.03 Å². The van der Waals surface area contributed by atoms with Crippen molar-refractivity contribution < 1.29 is 19.1 Å². The molecule has 0 aliphatic carbocycles. The summed E-state index contributed by atoms with van der Waals surface area (Å²) in [5.74, 6) is 1.19. The number of amides is 3. The molecule has 3 amide bonds. The van der Waals surface area contributed by atoms with Gasteiger partial charge in [-0.15, -0.1) is 0 Å². The Labute approximate surface area is 155 Å². The highest BCUT2D eigenvalue weighted by atomic mass is 16.5. The van der Waals surface area contributed by atoms with Crippen LogP contribution in [-0.4, -0.2) is 50.7 Å². The van der Waals surface area contributed by atoms with Crippen molar-refractivity contribution in [1.29, 1.82) is 0 Å². The Morgan fingerprint density at radius 1 is 1.27 bits per heavy atom. The van der Waals surface area contributed by atoms with E-state index in [9.17, 15) is 9.59 Å². The van der Waals surface area contributed by atoms with E-state index in [-0.39, 0.29) is 18.5 Å². The Morgan fingerprint density at radius 2 is 2.08 bits per heavy atom. The molecule has 1 saturated heterocycles. The van der Waals surface area contributed by atoms with E-state index in [1.165, 1.54) is 0 Å². The standard InChI is InChI=1S/C19H29N3O4/c1-4-5-10-20-19(24)21-18(23)13-22-11-6-7-16(22)15-9-8-14(25-2)12-17(15)26-3/h8-9,12,16H,4-7,10-11,13H2,1-3H3,(H2,20,21,23,24)/t16-/m0/s1. The highest BCUT2D eigenvalue weighted by Crippen LogP contribution is 2.38. The molecule has 0 saturated carbocycles. The zero-order valence-electron chi connectivity index (χ0n) is 15.8. The molecule has 1 aromatic rings. The number of rotatable bonds is 8. The fourth-order valence-corrected chi connectivity index (χ4v) is 3.23. The molecular weight excluding hydrogens is 334 g/mol. The second-order valence-corrected chi connectivity index (χ2v) is 6.39. The molecule has 1 aliphatic heterocycles. The number of carbonyl (C=O) groups is 2. The first-order valence-corrected chi connectivity index (χ1v) is 9.12. The minimum atomic E-state index is -0.429. The molecule has 1 aromatic carbocycles. The van der Waals surface area contributed by atoms with Gasteiger partial charge in [0.05, 0.1) is 20.8 Å². The summed E-state index contributed by atoms with van der Waals surface area (Å²) in [6.45, 7) is 3.61. The fourth-order valence-electron chi connectivity index (χ4n) is 3.23. The minimum absolute atomic E-state index is 0.0877. The smallest absolute Gasteiger partial charge is 0.321 e. The van der Waals surface area contributed by atoms with E-state index < -0.39 is 6.03 Å². The number of methoxy groups -OCH3 is 2. The van der Waals surface area contributed by atoms with Gasteiger partial charge in [0.25, 0.3) is 0 Å². The Kier molecular flexibility index (Phi) is 7.72. The number of likely N-dealkylation sites (tertiary alicyclic amines) is 1. The summed E-state index contributed by atoms with van der Waals surface area (Å²) in [5.41, 5.74) is 1.03. The highest BCUT2D eigenvalue weighted by Gasteiger charge is 2.30. The first-order valence-electron chi connectivity index (χ1n) is 9.12. The first-order chi connectivity index (χ1) is 12.6. The number of ether oxygens (including phenoxy) is 2. The zero-order chi connectivity index (χ0) is 18.9. The molecule has 26 heavy (non-hydrogen) atoms. The van der Waals surface area contributed by atoms with Crippen molar-refractivity contribution in [2.24, 2.45) is 0 Å². The van der Waals surface area contributed by atoms with Crippen LogP contribution >= 0.6 is 0 Å². The molecule has 0 radical (unpaired) electrons. The maximum atomic E-state index is 12.2. The van der Waals surface area contributed by atoms with Gasteiger partial charge in [0.2, 0.25) is 5.91 Å². The van der Waals surface area contributed by atoms with Gasteiger partial charge in [0.15, 0.2) is 0 Å². The number of carbonyl (C=O) groups excluding carboxylic acids is 2. The van der Waals surface area contributed by atoms with Crippen LogP contribution in [0.4, 0.5) is 4.79 Å². The van der Waals surface area contributed by atoms with E-state index in [2.05, 4.69) is 15.5 Å². The van der Waals surface area contributed by atoms with Crippen molar-refractivity contribution in [2.75, 3.05) is 33.9 Å². The molecule has 1 heterocycles. The van der Waals surface area contributed by atoms with Crippen LogP contribution < -0.4 is 20.1 Å². The maximum Gasteiger partial charge on any atom is 0.321 e. The average Bonchev–Trinajstić information content (AvgIpc) is 3.08. The van der Waals surface area contributed by atoms with Crippen LogP contribution in [0.3, 0.4) is 0 Å². The summed E-state index contributed by atoms with van der Waals surface area (Å²) in [5, 5.41) is 5.09. The molecular formula is C19H29N3O4. The van der Waals surface area contributed by atoms with Gasteiger partial charge in [-0.2, -0.15) is 0 Å². The molecule has 1 fully saturated rings.